The number of rotatable bonds is 5. The van der Waals surface area contributed by atoms with Crippen LogP contribution in [0.15, 0.2) is 24.3 Å². The number of anilines is 1. The molecule has 1 heterocycles. The zero-order chi connectivity index (χ0) is 12.1. The summed E-state index contributed by atoms with van der Waals surface area (Å²) in [5.74, 6) is 0.0671. The number of nitrogens with zero attached hydrogens (tertiary/aromatic N) is 1. The first-order valence-electron chi connectivity index (χ1n) is 5.95. The van der Waals surface area contributed by atoms with E-state index in [2.05, 4.69) is 17.2 Å². The van der Waals surface area contributed by atoms with Crippen LogP contribution in [0.25, 0.3) is 10.2 Å². The Morgan fingerprint density at radius 2 is 2.18 bits per heavy atom. The Morgan fingerprint density at radius 3 is 2.94 bits per heavy atom. The van der Waals surface area contributed by atoms with Crippen molar-refractivity contribution in [1.82, 2.24) is 4.98 Å². The first-order valence-corrected chi connectivity index (χ1v) is 6.76. The van der Waals surface area contributed by atoms with E-state index in [0.29, 0.717) is 11.6 Å². The molecular weight excluding hydrogens is 232 g/mol. The van der Waals surface area contributed by atoms with Crippen LogP contribution in [0.2, 0.25) is 0 Å². The Kier molecular flexibility index (Phi) is 4.09. The molecule has 0 saturated carbocycles. The summed E-state index contributed by atoms with van der Waals surface area (Å²) in [5.41, 5.74) is 0.946. The molecule has 0 radical (unpaired) electrons. The SMILES string of the molecule is CCCCCC(=O)Nc1nc2ccccc2s1. The quantitative estimate of drug-likeness (QED) is 0.817. The van der Waals surface area contributed by atoms with Gasteiger partial charge in [-0.3, -0.25) is 4.79 Å². The summed E-state index contributed by atoms with van der Waals surface area (Å²) in [6.07, 6.45) is 3.78. The smallest absolute Gasteiger partial charge is 0.226 e. The number of aromatic nitrogens is 1. The van der Waals surface area contributed by atoms with Gasteiger partial charge in [-0.15, -0.1) is 0 Å². The summed E-state index contributed by atoms with van der Waals surface area (Å²) in [6, 6.07) is 7.90. The number of unbranched alkanes of at least 4 members (excludes halogenated alkanes) is 2. The van der Waals surface area contributed by atoms with E-state index in [-0.39, 0.29) is 5.91 Å². The molecule has 2 aromatic rings. The monoisotopic (exact) mass is 248 g/mol. The van der Waals surface area contributed by atoms with E-state index in [0.717, 1.165) is 29.5 Å². The Labute approximate surface area is 105 Å². The predicted octanol–water partition coefficient (Wildman–Crippen LogP) is 3.82. The highest BCUT2D eigenvalue weighted by molar-refractivity contribution is 7.22. The largest absolute Gasteiger partial charge is 0.302 e. The van der Waals surface area contributed by atoms with Crippen LogP contribution in [0.3, 0.4) is 0 Å². The lowest BCUT2D eigenvalue weighted by Crippen LogP contribution is -2.10. The van der Waals surface area contributed by atoms with Gasteiger partial charge in [0.05, 0.1) is 10.2 Å². The van der Waals surface area contributed by atoms with Crippen LogP contribution in [0.5, 0.6) is 0 Å². The summed E-state index contributed by atoms with van der Waals surface area (Å²) in [7, 11) is 0. The van der Waals surface area contributed by atoms with Gasteiger partial charge in [-0.2, -0.15) is 0 Å². The number of carbonyl (C=O) groups excluding carboxylic acids is 1. The molecule has 0 saturated heterocycles. The minimum atomic E-state index is 0.0671. The van der Waals surface area contributed by atoms with E-state index in [1.165, 1.54) is 11.3 Å². The maximum Gasteiger partial charge on any atom is 0.226 e. The Bertz CT molecular complexity index is 474. The summed E-state index contributed by atoms with van der Waals surface area (Å²) in [6.45, 7) is 2.13. The molecule has 0 bridgehead atoms. The molecule has 0 aliphatic carbocycles. The topological polar surface area (TPSA) is 42.0 Å². The minimum Gasteiger partial charge on any atom is -0.302 e. The number of nitrogens with one attached hydrogen (secondary N) is 1. The third kappa shape index (κ3) is 3.27. The molecule has 0 fully saturated rings. The fourth-order valence-corrected chi connectivity index (χ4v) is 2.53. The highest BCUT2D eigenvalue weighted by atomic mass is 32.1. The Hall–Kier alpha value is -1.42. The van der Waals surface area contributed by atoms with Crippen LogP contribution < -0.4 is 5.32 Å². The van der Waals surface area contributed by atoms with Crippen molar-refractivity contribution < 1.29 is 4.79 Å². The molecule has 4 heteroatoms. The highest BCUT2D eigenvalue weighted by Gasteiger charge is 2.06. The third-order valence-electron chi connectivity index (χ3n) is 2.55. The molecule has 0 aliphatic rings. The number of hydrogen-bond acceptors (Lipinski definition) is 3. The molecule has 0 spiro atoms. The predicted molar refractivity (Wildman–Crippen MR) is 72.4 cm³/mol. The molecule has 0 unspecified atom stereocenters. The normalized spacial score (nSPS) is 10.6. The Balaban J connectivity index is 1.96. The van der Waals surface area contributed by atoms with E-state index >= 15 is 0 Å². The van der Waals surface area contributed by atoms with Crippen LogP contribution in [-0.4, -0.2) is 10.9 Å². The van der Waals surface area contributed by atoms with Crippen LogP contribution in [0.1, 0.15) is 32.6 Å². The molecule has 17 heavy (non-hydrogen) atoms. The number of benzene rings is 1. The first kappa shape index (κ1) is 12.0. The van der Waals surface area contributed by atoms with Crippen molar-refractivity contribution in [2.24, 2.45) is 0 Å². The van der Waals surface area contributed by atoms with Crippen molar-refractivity contribution in [2.75, 3.05) is 5.32 Å². The number of hydrogen-bond donors (Lipinski definition) is 1. The van der Waals surface area contributed by atoms with Gasteiger partial charge < -0.3 is 5.32 Å². The van der Waals surface area contributed by atoms with Gasteiger partial charge in [0.25, 0.3) is 0 Å². The lowest BCUT2D eigenvalue weighted by atomic mass is 10.2. The average Bonchev–Trinajstić information content (AvgIpc) is 2.71. The van der Waals surface area contributed by atoms with Gasteiger partial charge in [0.15, 0.2) is 5.13 Å². The van der Waals surface area contributed by atoms with Gasteiger partial charge in [-0.1, -0.05) is 43.2 Å². The van der Waals surface area contributed by atoms with Crippen LogP contribution in [-0.2, 0) is 4.79 Å². The van der Waals surface area contributed by atoms with E-state index in [1.54, 1.807) is 0 Å². The molecular formula is C13H16N2OS. The third-order valence-corrected chi connectivity index (χ3v) is 3.50. The van der Waals surface area contributed by atoms with Gasteiger partial charge in [0.1, 0.15) is 0 Å². The maximum atomic E-state index is 11.6. The fraction of sp³-hybridized carbons (Fsp3) is 0.385. The molecule has 1 aromatic carbocycles. The minimum absolute atomic E-state index is 0.0671. The summed E-state index contributed by atoms with van der Waals surface area (Å²) >= 11 is 1.52. The number of thiazole rings is 1. The van der Waals surface area contributed by atoms with Crippen molar-refractivity contribution in [3.63, 3.8) is 0 Å². The van der Waals surface area contributed by atoms with E-state index in [4.69, 9.17) is 0 Å². The lowest BCUT2D eigenvalue weighted by molar-refractivity contribution is -0.116. The highest BCUT2D eigenvalue weighted by Crippen LogP contribution is 2.25. The van der Waals surface area contributed by atoms with Crippen LogP contribution in [0.4, 0.5) is 5.13 Å². The molecule has 0 atom stereocenters. The molecule has 2 rings (SSSR count). The maximum absolute atomic E-state index is 11.6. The number of carbonyl (C=O) groups is 1. The fourth-order valence-electron chi connectivity index (χ4n) is 1.64. The van der Waals surface area contributed by atoms with E-state index in [9.17, 15) is 4.79 Å². The van der Waals surface area contributed by atoms with E-state index < -0.39 is 0 Å². The molecule has 90 valence electrons. The van der Waals surface area contributed by atoms with Crippen molar-refractivity contribution in [3.05, 3.63) is 24.3 Å². The van der Waals surface area contributed by atoms with Gasteiger partial charge >= 0.3 is 0 Å². The average molecular weight is 248 g/mol. The van der Waals surface area contributed by atoms with Crippen molar-refractivity contribution >= 4 is 32.6 Å². The van der Waals surface area contributed by atoms with Gasteiger partial charge in [-0.25, -0.2) is 4.98 Å². The van der Waals surface area contributed by atoms with Gasteiger partial charge in [-0.05, 0) is 18.6 Å². The number of fused-ring (bicyclic) bond motifs is 1. The van der Waals surface area contributed by atoms with E-state index in [1.807, 2.05) is 24.3 Å². The molecule has 1 N–H and O–H groups in total. The van der Waals surface area contributed by atoms with Crippen molar-refractivity contribution in [2.45, 2.75) is 32.6 Å². The second-order valence-corrected chi connectivity index (χ2v) is 5.02. The summed E-state index contributed by atoms with van der Waals surface area (Å²) < 4.78 is 1.11. The summed E-state index contributed by atoms with van der Waals surface area (Å²) in [5, 5.41) is 3.56. The van der Waals surface area contributed by atoms with Crippen molar-refractivity contribution in [1.29, 1.82) is 0 Å². The Morgan fingerprint density at radius 1 is 1.35 bits per heavy atom. The molecule has 1 aromatic heterocycles. The number of para-hydroxylation sites is 1. The van der Waals surface area contributed by atoms with Gasteiger partial charge in [0.2, 0.25) is 5.91 Å². The second kappa shape index (κ2) is 5.77. The van der Waals surface area contributed by atoms with Crippen molar-refractivity contribution in [3.8, 4) is 0 Å². The standard InChI is InChI=1S/C13H16N2OS/c1-2-3-4-9-12(16)15-13-14-10-7-5-6-8-11(10)17-13/h5-8H,2-4,9H2,1H3,(H,14,15,16). The lowest BCUT2D eigenvalue weighted by Gasteiger charge is -1.99. The zero-order valence-electron chi connectivity index (χ0n) is 9.90. The summed E-state index contributed by atoms with van der Waals surface area (Å²) in [4.78, 5) is 16.0. The first-order chi connectivity index (χ1) is 8.29. The van der Waals surface area contributed by atoms with Crippen LogP contribution >= 0.6 is 11.3 Å². The molecule has 1 amide bonds. The number of amides is 1. The molecule has 0 aliphatic heterocycles. The second-order valence-electron chi connectivity index (χ2n) is 3.99. The van der Waals surface area contributed by atoms with Gasteiger partial charge in [0, 0.05) is 6.42 Å². The molecule has 3 nitrogen and oxygen atoms in total. The van der Waals surface area contributed by atoms with Crippen LogP contribution in [0, 0.1) is 0 Å². The zero-order valence-corrected chi connectivity index (χ0v) is 10.7.